The van der Waals surface area contributed by atoms with Crippen molar-refractivity contribution in [2.24, 2.45) is 0 Å². The quantitative estimate of drug-likeness (QED) is 0.730. The average Bonchev–Trinajstić information content (AvgIpc) is 2.29. The van der Waals surface area contributed by atoms with Crippen LogP contribution in [0.5, 0.6) is 11.5 Å². The lowest BCUT2D eigenvalue weighted by molar-refractivity contribution is 0.393. The molecule has 2 nitrogen and oxygen atoms in total. The second-order valence-electron chi connectivity index (χ2n) is 2.86. The second-order valence-corrected chi connectivity index (χ2v) is 3.64. The molecule has 0 saturated carbocycles. The van der Waals surface area contributed by atoms with E-state index in [1.165, 1.54) is 0 Å². The van der Waals surface area contributed by atoms with Gasteiger partial charge in [-0.05, 0) is 29.9 Å². The van der Waals surface area contributed by atoms with Gasteiger partial charge in [0.1, 0.15) is 11.5 Å². The lowest BCUT2D eigenvalue weighted by atomic mass is 10.2. The SMILES string of the molecule is CC#CSCc1cc(OC)cc(OC)c1. The molecule has 0 atom stereocenters. The number of rotatable bonds is 4. The Balaban J connectivity index is 2.80. The van der Waals surface area contributed by atoms with E-state index in [1.54, 1.807) is 26.0 Å². The van der Waals surface area contributed by atoms with Gasteiger partial charge in [0, 0.05) is 11.8 Å². The Hall–Kier alpha value is -1.27. The summed E-state index contributed by atoms with van der Waals surface area (Å²) >= 11 is 1.57. The van der Waals surface area contributed by atoms with Gasteiger partial charge in [0.15, 0.2) is 0 Å². The highest BCUT2D eigenvalue weighted by molar-refractivity contribution is 8.03. The van der Waals surface area contributed by atoms with E-state index in [0.29, 0.717) is 0 Å². The van der Waals surface area contributed by atoms with E-state index in [0.717, 1.165) is 22.8 Å². The Kier molecular flexibility index (Phi) is 4.92. The molecule has 0 aliphatic rings. The second kappa shape index (κ2) is 6.26. The third-order valence-corrected chi connectivity index (χ3v) is 2.65. The summed E-state index contributed by atoms with van der Waals surface area (Å²) in [7, 11) is 3.30. The molecule has 0 saturated heterocycles. The maximum absolute atomic E-state index is 5.18. The van der Waals surface area contributed by atoms with Gasteiger partial charge in [-0.2, -0.15) is 0 Å². The molecule has 3 heteroatoms. The molecule has 0 N–H and O–H groups in total. The fourth-order valence-electron chi connectivity index (χ4n) is 1.14. The Morgan fingerprint density at radius 2 is 1.73 bits per heavy atom. The third kappa shape index (κ3) is 3.77. The molecule has 15 heavy (non-hydrogen) atoms. The van der Waals surface area contributed by atoms with Gasteiger partial charge in [0.05, 0.1) is 14.2 Å². The maximum atomic E-state index is 5.18. The van der Waals surface area contributed by atoms with Gasteiger partial charge in [-0.1, -0.05) is 17.7 Å². The van der Waals surface area contributed by atoms with Gasteiger partial charge in [-0.3, -0.25) is 0 Å². The first kappa shape index (κ1) is 11.8. The zero-order valence-electron chi connectivity index (χ0n) is 9.16. The Labute approximate surface area is 95.0 Å². The van der Waals surface area contributed by atoms with Crippen LogP contribution >= 0.6 is 11.8 Å². The molecule has 1 rings (SSSR count). The van der Waals surface area contributed by atoms with Crippen molar-refractivity contribution >= 4 is 11.8 Å². The molecule has 0 bridgehead atoms. The molecule has 1 aromatic carbocycles. The van der Waals surface area contributed by atoms with E-state index < -0.39 is 0 Å². The summed E-state index contributed by atoms with van der Waals surface area (Å²) in [5, 5.41) is 2.96. The predicted molar refractivity (Wildman–Crippen MR) is 64.3 cm³/mol. The van der Waals surface area contributed by atoms with Gasteiger partial charge < -0.3 is 9.47 Å². The van der Waals surface area contributed by atoms with Gasteiger partial charge in [0.25, 0.3) is 0 Å². The van der Waals surface area contributed by atoms with E-state index in [-0.39, 0.29) is 0 Å². The standard InChI is InChI=1S/C12H14O2S/c1-4-5-15-9-10-6-11(13-2)8-12(7-10)14-3/h6-8H,9H2,1-3H3. The van der Waals surface area contributed by atoms with Gasteiger partial charge in [0.2, 0.25) is 0 Å². The normalized spacial score (nSPS) is 9.00. The van der Waals surface area contributed by atoms with Crippen LogP contribution in [-0.4, -0.2) is 14.2 Å². The van der Waals surface area contributed by atoms with Crippen molar-refractivity contribution in [1.29, 1.82) is 0 Å². The summed E-state index contributed by atoms with van der Waals surface area (Å²) in [6.07, 6.45) is 0. The summed E-state index contributed by atoms with van der Waals surface area (Å²) in [5.41, 5.74) is 1.15. The Morgan fingerprint density at radius 3 is 2.20 bits per heavy atom. The highest BCUT2D eigenvalue weighted by Crippen LogP contribution is 2.24. The summed E-state index contributed by atoms with van der Waals surface area (Å²) in [4.78, 5) is 0. The first-order valence-electron chi connectivity index (χ1n) is 4.55. The fourth-order valence-corrected chi connectivity index (χ4v) is 1.69. The highest BCUT2D eigenvalue weighted by Gasteiger charge is 2.01. The highest BCUT2D eigenvalue weighted by atomic mass is 32.2. The number of methoxy groups -OCH3 is 2. The molecule has 0 radical (unpaired) electrons. The van der Waals surface area contributed by atoms with Gasteiger partial charge in [-0.15, -0.1) is 0 Å². The molecule has 0 fully saturated rings. The van der Waals surface area contributed by atoms with Crippen LogP contribution in [-0.2, 0) is 5.75 Å². The van der Waals surface area contributed by atoms with Crippen LogP contribution < -0.4 is 9.47 Å². The topological polar surface area (TPSA) is 18.5 Å². The molecule has 0 spiro atoms. The number of thioether (sulfide) groups is 1. The van der Waals surface area contributed by atoms with E-state index >= 15 is 0 Å². The predicted octanol–water partition coefficient (Wildman–Crippen LogP) is 2.92. The molecule has 0 amide bonds. The zero-order valence-corrected chi connectivity index (χ0v) is 9.98. The Morgan fingerprint density at radius 1 is 1.13 bits per heavy atom. The molecule has 0 aromatic heterocycles. The minimum atomic E-state index is 0.814. The maximum Gasteiger partial charge on any atom is 0.122 e. The molecular weight excluding hydrogens is 208 g/mol. The minimum absolute atomic E-state index is 0.814. The van der Waals surface area contributed by atoms with Crippen LogP contribution in [0.2, 0.25) is 0 Å². The molecule has 0 aliphatic heterocycles. The largest absolute Gasteiger partial charge is 0.497 e. The van der Waals surface area contributed by atoms with Crippen molar-refractivity contribution in [3.8, 4) is 22.7 Å². The summed E-state index contributed by atoms with van der Waals surface area (Å²) in [6, 6.07) is 5.85. The summed E-state index contributed by atoms with van der Waals surface area (Å²) in [5.74, 6) is 5.32. The lowest BCUT2D eigenvalue weighted by Gasteiger charge is -2.06. The van der Waals surface area contributed by atoms with Crippen LogP contribution in [0.1, 0.15) is 12.5 Å². The van der Waals surface area contributed by atoms with E-state index in [9.17, 15) is 0 Å². The molecule has 80 valence electrons. The van der Waals surface area contributed by atoms with E-state index in [1.807, 2.05) is 25.1 Å². The average molecular weight is 222 g/mol. The van der Waals surface area contributed by atoms with Gasteiger partial charge >= 0.3 is 0 Å². The first-order valence-corrected chi connectivity index (χ1v) is 5.54. The number of benzene rings is 1. The lowest BCUT2D eigenvalue weighted by Crippen LogP contribution is -1.89. The number of hydrogen-bond acceptors (Lipinski definition) is 3. The van der Waals surface area contributed by atoms with Crippen molar-refractivity contribution in [2.45, 2.75) is 12.7 Å². The van der Waals surface area contributed by atoms with Crippen molar-refractivity contribution in [3.05, 3.63) is 23.8 Å². The van der Waals surface area contributed by atoms with E-state index in [2.05, 4.69) is 11.2 Å². The Bertz CT molecular complexity index is 355. The fraction of sp³-hybridized carbons (Fsp3) is 0.333. The molecule has 0 heterocycles. The molecule has 1 aromatic rings. The van der Waals surface area contributed by atoms with Crippen molar-refractivity contribution in [2.75, 3.05) is 14.2 Å². The molecule has 0 aliphatic carbocycles. The van der Waals surface area contributed by atoms with Crippen molar-refractivity contribution < 1.29 is 9.47 Å². The monoisotopic (exact) mass is 222 g/mol. The number of hydrogen-bond donors (Lipinski definition) is 0. The first-order chi connectivity index (χ1) is 7.30. The van der Waals surface area contributed by atoms with Crippen LogP contribution in [0.3, 0.4) is 0 Å². The van der Waals surface area contributed by atoms with Crippen LogP contribution in [0, 0.1) is 11.2 Å². The van der Waals surface area contributed by atoms with Crippen molar-refractivity contribution in [3.63, 3.8) is 0 Å². The van der Waals surface area contributed by atoms with Gasteiger partial charge in [-0.25, -0.2) is 0 Å². The van der Waals surface area contributed by atoms with E-state index in [4.69, 9.17) is 9.47 Å². The molecular formula is C12H14O2S. The summed E-state index contributed by atoms with van der Waals surface area (Å²) < 4.78 is 10.4. The van der Waals surface area contributed by atoms with Crippen molar-refractivity contribution in [1.82, 2.24) is 0 Å². The third-order valence-electron chi connectivity index (χ3n) is 1.82. The minimum Gasteiger partial charge on any atom is -0.497 e. The van der Waals surface area contributed by atoms with Crippen LogP contribution in [0.4, 0.5) is 0 Å². The van der Waals surface area contributed by atoms with Crippen LogP contribution in [0.25, 0.3) is 0 Å². The number of ether oxygens (including phenoxy) is 2. The summed E-state index contributed by atoms with van der Waals surface area (Å²) in [6.45, 7) is 1.83. The zero-order chi connectivity index (χ0) is 11.1. The smallest absolute Gasteiger partial charge is 0.122 e. The van der Waals surface area contributed by atoms with Crippen LogP contribution in [0.15, 0.2) is 18.2 Å². The molecule has 0 unspecified atom stereocenters.